The average Bonchev–Trinajstić information content (AvgIpc) is 3.60. The summed E-state index contributed by atoms with van der Waals surface area (Å²) in [6.45, 7) is 10.5. The van der Waals surface area contributed by atoms with E-state index in [-0.39, 0.29) is 43.1 Å². The molecule has 1 aliphatic carbocycles. The van der Waals surface area contributed by atoms with E-state index < -0.39 is 11.4 Å². The first kappa shape index (κ1) is 43.8. The lowest BCUT2D eigenvalue weighted by atomic mass is 9.88. The summed E-state index contributed by atoms with van der Waals surface area (Å²) in [7, 11) is 1.36. The van der Waals surface area contributed by atoms with Crippen molar-refractivity contribution in [2.75, 3.05) is 43.9 Å². The van der Waals surface area contributed by atoms with E-state index in [2.05, 4.69) is 29.4 Å². The van der Waals surface area contributed by atoms with Crippen LogP contribution in [0.2, 0.25) is 0 Å². The van der Waals surface area contributed by atoms with Crippen molar-refractivity contribution in [3.8, 4) is 0 Å². The number of benzene rings is 3. The smallest absolute Gasteiger partial charge is 0.337 e. The molecule has 0 bridgehead atoms. The molecule has 4 aromatic rings. The molecule has 5 rings (SSSR count). The fourth-order valence-electron chi connectivity index (χ4n) is 7.04. The Hall–Kier alpha value is -5.33. The fourth-order valence-corrected chi connectivity index (χ4v) is 8.32. The van der Waals surface area contributed by atoms with E-state index in [1.807, 2.05) is 42.5 Å². The molecule has 1 heterocycles. The zero-order valence-electron chi connectivity index (χ0n) is 34.3. The molecule has 0 spiro atoms. The van der Waals surface area contributed by atoms with Crippen LogP contribution < -0.4 is 10.6 Å². The number of aliphatic carboxylic acids is 1. The number of esters is 1. The normalized spacial score (nSPS) is 12.4. The third kappa shape index (κ3) is 11.6. The van der Waals surface area contributed by atoms with Gasteiger partial charge in [0.15, 0.2) is 0 Å². The Balaban J connectivity index is 1.27. The van der Waals surface area contributed by atoms with Gasteiger partial charge in [0.25, 0.3) is 11.8 Å². The molecule has 58 heavy (non-hydrogen) atoms. The second kappa shape index (κ2) is 20.4. The number of hydrogen-bond acceptors (Lipinski definition) is 8. The summed E-state index contributed by atoms with van der Waals surface area (Å²) >= 11 is 1.46. The van der Waals surface area contributed by atoms with Crippen molar-refractivity contribution in [1.82, 2.24) is 9.80 Å². The van der Waals surface area contributed by atoms with Crippen LogP contribution in [0.1, 0.15) is 112 Å². The van der Waals surface area contributed by atoms with Crippen LogP contribution in [0.25, 0.3) is 0 Å². The van der Waals surface area contributed by atoms with Gasteiger partial charge >= 0.3 is 11.9 Å². The maximum Gasteiger partial charge on any atom is 0.337 e. The third-order valence-electron chi connectivity index (χ3n) is 11.0. The van der Waals surface area contributed by atoms with Crippen molar-refractivity contribution in [2.45, 2.75) is 85.6 Å². The molecule has 11 nitrogen and oxygen atoms in total. The van der Waals surface area contributed by atoms with Crippen molar-refractivity contribution in [3.05, 3.63) is 117 Å². The number of hydrogen-bond donors (Lipinski definition) is 3. The van der Waals surface area contributed by atoms with E-state index in [4.69, 9.17) is 4.74 Å². The van der Waals surface area contributed by atoms with Gasteiger partial charge in [-0.25, -0.2) is 4.79 Å². The van der Waals surface area contributed by atoms with Gasteiger partial charge in [0.05, 0.1) is 23.7 Å². The predicted molar refractivity (Wildman–Crippen MR) is 229 cm³/mol. The lowest BCUT2D eigenvalue weighted by Crippen LogP contribution is -2.39. The molecule has 0 saturated heterocycles. The second-order valence-electron chi connectivity index (χ2n) is 15.4. The molecule has 0 unspecified atom stereocenters. The summed E-state index contributed by atoms with van der Waals surface area (Å²) in [4.78, 5) is 69.9. The van der Waals surface area contributed by atoms with Crippen molar-refractivity contribution in [1.29, 1.82) is 0 Å². The van der Waals surface area contributed by atoms with Crippen LogP contribution in [0.4, 0.5) is 10.7 Å². The highest BCUT2D eigenvalue weighted by Gasteiger charge is 2.30. The minimum Gasteiger partial charge on any atom is -0.481 e. The van der Waals surface area contributed by atoms with Crippen LogP contribution in [-0.4, -0.2) is 77.9 Å². The van der Waals surface area contributed by atoms with E-state index in [1.54, 1.807) is 49.1 Å². The van der Waals surface area contributed by atoms with E-state index in [1.165, 1.54) is 18.4 Å². The zero-order chi connectivity index (χ0) is 41.8. The van der Waals surface area contributed by atoms with Crippen molar-refractivity contribution in [2.24, 2.45) is 5.41 Å². The third-order valence-corrected chi connectivity index (χ3v) is 12.2. The summed E-state index contributed by atoms with van der Waals surface area (Å²) in [5.74, 6) is -2.04. The molecule has 308 valence electrons. The molecular formula is C46H56N4O7S. The van der Waals surface area contributed by atoms with Gasteiger partial charge in [-0.05, 0) is 131 Å². The predicted octanol–water partition coefficient (Wildman–Crippen LogP) is 8.26. The molecule has 3 N–H and O–H groups in total. The Morgan fingerprint density at radius 2 is 1.45 bits per heavy atom. The minimum atomic E-state index is -1.02. The first-order valence-electron chi connectivity index (χ1n) is 20.2. The van der Waals surface area contributed by atoms with Crippen LogP contribution in [-0.2, 0) is 46.6 Å². The average molecular weight is 809 g/mol. The Morgan fingerprint density at radius 3 is 2.09 bits per heavy atom. The van der Waals surface area contributed by atoms with Crippen molar-refractivity contribution < 1.29 is 33.8 Å². The van der Waals surface area contributed by atoms with Gasteiger partial charge in [-0.15, -0.1) is 11.3 Å². The number of thiophene rings is 1. The van der Waals surface area contributed by atoms with Crippen LogP contribution in [0.5, 0.6) is 0 Å². The van der Waals surface area contributed by atoms with Gasteiger partial charge in [0, 0.05) is 42.2 Å². The minimum absolute atomic E-state index is 0.103. The number of fused-ring (bicyclic) bond motifs is 1. The number of likely N-dealkylation sites (N-methyl/N-ethyl adjacent to an activating group) is 1. The fraction of sp³-hybridized carbons (Fsp3) is 0.413. The number of carbonyl (C=O) groups is 5. The lowest BCUT2D eigenvalue weighted by molar-refractivity contribution is -0.147. The number of carbonyl (C=O) groups excluding carboxylic acids is 4. The Kier molecular flexibility index (Phi) is 15.4. The molecule has 12 heteroatoms. The monoisotopic (exact) mass is 808 g/mol. The number of carboxylic acids is 1. The van der Waals surface area contributed by atoms with E-state index in [0.29, 0.717) is 40.5 Å². The zero-order valence-corrected chi connectivity index (χ0v) is 35.1. The quantitative estimate of drug-likeness (QED) is 0.0804. The summed E-state index contributed by atoms with van der Waals surface area (Å²) in [6.07, 6.45) is 5.51. The number of rotatable bonds is 19. The summed E-state index contributed by atoms with van der Waals surface area (Å²) in [6, 6.07) is 22.3. The standard InChI is InChI=1S/C46H56N4O7S/c1-6-49(7-2)27-28-50(39(51)25-26-46(3,4)45(55)56)30-33-11-10-12-35(29-33)41(52)48-43-40(37-13-8-9-14-38(37)58-43)42(53)47-36-23-19-32(20-24-36)16-15-31-17-21-34(22-18-31)44(54)57-5/h10-12,17-24,29H,6-9,13-16,25-28,30H2,1-5H3,(H,47,53)(H,48,52)(H,55,56). The number of nitrogens with zero attached hydrogens (tertiary/aromatic N) is 2. The van der Waals surface area contributed by atoms with Crippen LogP contribution in [0.3, 0.4) is 0 Å². The summed E-state index contributed by atoms with van der Waals surface area (Å²) < 4.78 is 4.78. The highest BCUT2D eigenvalue weighted by molar-refractivity contribution is 7.17. The molecule has 3 aromatic carbocycles. The van der Waals surface area contributed by atoms with E-state index in [0.717, 1.165) is 78.7 Å². The van der Waals surface area contributed by atoms with Crippen molar-refractivity contribution >= 4 is 51.7 Å². The molecule has 0 radical (unpaired) electrons. The van der Waals surface area contributed by atoms with Crippen LogP contribution in [0.15, 0.2) is 72.8 Å². The van der Waals surface area contributed by atoms with Gasteiger partial charge in [0.2, 0.25) is 5.91 Å². The molecule has 1 aliphatic rings. The number of carboxylic acid groups (broad SMARTS) is 1. The van der Waals surface area contributed by atoms with Gasteiger partial charge < -0.3 is 30.3 Å². The van der Waals surface area contributed by atoms with E-state index >= 15 is 0 Å². The van der Waals surface area contributed by atoms with Crippen LogP contribution >= 0.6 is 11.3 Å². The summed E-state index contributed by atoms with van der Waals surface area (Å²) in [5, 5.41) is 16.2. The molecule has 0 aliphatic heterocycles. The first-order chi connectivity index (χ1) is 27.8. The van der Waals surface area contributed by atoms with Gasteiger partial charge in [-0.1, -0.05) is 50.2 Å². The van der Waals surface area contributed by atoms with E-state index in [9.17, 15) is 29.1 Å². The Labute approximate surface area is 345 Å². The largest absolute Gasteiger partial charge is 0.481 e. The molecule has 3 amide bonds. The number of ether oxygens (including phenoxy) is 1. The summed E-state index contributed by atoms with van der Waals surface area (Å²) in [5.41, 5.74) is 5.04. The van der Waals surface area contributed by atoms with Gasteiger partial charge in [0.1, 0.15) is 5.00 Å². The highest BCUT2D eigenvalue weighted by atomic mass is 32.1. The second-order valence-corrected chi connectivity index (χ2v) is 16.5. The number of aryl methyl sites for hydroxylation is 3. The number of nitrogens with one attached hydrogen (secondary N) is 2. The molecule has 1 aromatic heterocycles. The number of amides is 3. The van der Waals surface area contributed by atoms with Gasteiger partial charge in [-0.2, -0.15) is 0 Å². The highest BCUT2D eigenvalue weighted by Crippen LogP contribution is 2.39. The maximum atomic E-state index is 14.0. The Bertz CT molecular complexity index is 2070. The molecule has 0 atom stereocenters. The topological polar surface area (TPSA) is 145 Å². The number of methoxy groups -OCH3 is 1. The maximum absolute atomic E-state index is 14.0. The molecule has 0 saturated carbocycles. The first-order valence-corrected chi connectivity index (χ1v) is 21.0. The molecule has 0 fully saturated rings. The Morgan fingerprint density at radius 1 is 0.793 bits per heavy atom. The van der Waals surface area contributed by atoms with Crippen LogP contribution in [0, 0.1) is 5.41 Å². The molecular weight excluding hydrogens is 753 g/mol. The number of anilines is 2. The SMILES string of the molecule is CCN(CC)CCN(Cc1cccc(C(=O)Nc2sc3c(c2C(=O)Nc2ccc(CCc4ccc(C(=O)OC)cc4)cc2)CCCC3)c1)C(=O)CCC(C)(C)C(=O)O. The lowest BCUT2D eigenvalue weighted by Gasteiger charge is -2.28. The van der Waals surface area contributed by atoms with Crippen molar-refractivity contribution in [3.63, 3.8) is 0 Å². The van der Waals surface area contributed by atoms with Gasteiger partial charge in [-0.3, -0.25) is 19.2 Å².